The molecule has 0 aliphatic heterocycles. The van der Waals surface area contributed by atoms with Crippen LogP contribution in [-0.2, 0) is 41.3 Å². The van der Waals surface area contributed by atoms with Crippen molar-refractivity contribution in [2.45, 2.75) is 232 Å². The van der Waals surface area contributed by atoms with Gasteiger partial charge in [-0.25, -0.2) is 4.79 Å². The predicted molar refractivity (Wildman–Crippen MR) is 399 cm³/mol. The lowest BCUT2D eigenvalue weighted by atomic mass is 9.63. The third-order valence-electron chi connectivity index (χ3n) is 20.7. The van der Waals surface area contributed by atoms with E-state index < -0.39 is 16.8 Å². The first-order chi connectivity index (χ1) is 46.1. The van der Waals surface area contributed by atoms with Gasteiger partial charge in [-0.1, -0.05) is 307 Å². The molecule has 0 spiro atoms. The van der Waals surface area contributed by atoms with Crippen LogP contribution in [0.3, 0.4) is 0 Å². The van der Waals surface area contributed by atoms with E-state index in [0.29, 0.717) is 5.56 Å². The molecule has 1 N–H and O–H groups in total. The molecule has 4 nitrogen and oxygen atoms in total. The number of allylic oxidation sites excluding steroid dienone is 2. The van der Waals surface area contributed by atoms with Gasteiger partial charge in [-0.15, -0.1) is 0 Å². The number of hydrogen-bond acceptors (Lipinski definition) is 3. The summed E-state index contributed by atoms with van der Waals surface area (Å²) in [7, 11) is 0. The molecule has 0 bridgehead atoms. The van der Waals surface area contributed by atoms with Crippen LogP contribution in [0.5, 0.6) is 0 Å². The minimum absolute atomic E-state index is 0.292. The van der Waals surface area contributed by atoms with Crippen LogP contribution < -0.4 is 4.90 Å². The Labute approximate surface area is 566 Å². The van der Waals surface area contributed by atoms with Crippen LogP contribution in [0, 0.1) is 25.2 Å². The Morgan fingerprint density at radius 2 is 0.681 bits per heavy atom. The van der Waals surface area contributed by atoms with Gasteiger partial charge in [0.2, 0.25) is 0 Å². The Morgan fingerprint density at radius 3 is 1.00 bits per heavy atom. The number of carboxylic acid groups (broad SMARTS) is 1. The maximum absolute atomic E-state index is 12.9. The van der Waals surface area contributed by atoms with Crippen LogP contribution in [0.4, 0.5) is 17.1 Å². The first-order valence-corrected chi connectivity index (χ1v) is 36.8. The number of hydrogen-bond donors (Lipinski definition) is 1. The SMILES string of the molecule is CCCCCCCCc1ccc(C2(c3ccc(CCCCCCCC)cc3)C3=C(c4cc(/C=C(\C#N)C(=O)O)ccc42)C(c2ccc(CCCCCCCC)cc2)(c2ccc(CCCCCCCC)cc2)c2ccc(N(c4ccc(C)cc4)c4ccc(C)cc4)cc23)cc1. The summed E-state index contributed by atoms with van der Waals surface area (Å²) in [6.07, 6.45) is 35.7. The van der Waals surface area contributed by atoms with Gasteiger partial charge in [0.05, 0.1) is 10.8 Å². The summed E-state index contributed by atoms with van der Waals surface area (Å²) in [6.45, 7) is 13.5. The molecule has 2 aliphatic carbocycles. The Hall–Kier alpha value is -8.00. The van der Waals surface area contributed by atoms with Gasteiger partial charge in [-0.05, 0) is 197 Å². The normalized spacial score (nSPS) is 13.6. The number of carbonyl (C=O) groups is 1. The van der Waals surface area contributed by atoms with E-state index in [1.54, 1.807) is 6.08 Å². The lowest BCUT2D eigenvalue weighted by molar-refractivity contribution is -0.132. The summed E-state index contributed by atoms with van der Waals surface area (Å²) in [6, 6.07) is 72.8. The molecule has 8 aromatic rings. The van der Waals surface area contributed by atoms with Crippen LogP contribution in [0.15, 0.2) is 188 Å². The van der Waals surface area contributed by atoms with Crippen molar-refractivity contribution >= 4 is 40.3 Å². The highest BCUT2D eigenvalue weighted by atomic mass is 16.4. The molecule has 2 aliphatic rings. The van der Waals surface area contributed by atoms with Gasteiger partial charge >= 0.3 is 5.97 Å². The molecule has 0 unspecified atom stereocenters. The van der Waals surface area contributed by atoms with E-state index in [-0.39, 0.29) is 5.57 Å². The maximum atomic E-state index is 12.9. The zero-order valence-corrected chi connectivity index (χ0v) is 57.9. The van der Waals surface area contributed by atoms with Gasteiger partial charge in [0.25, 0.3) is 0 Å². The molecular formula is C90H106N2O2. The van der Waals surface area contributed by atoms with Gasteiger partial charge in [0, 0.05) is 17.1 Å². The Morgan fingerprint density at radius 1 is 0.383 bits per heavy atom. The lowest BCUT2D eigenvalue weighted by Crippen LogP contribution is -2.31. The third kappa shape index (κ3) is 15.7. The van der Waals surface area contributed by atoms with E-state index in [4.69, 9.17) is 0 Å². The fourth-order valence-corrected chi connectivity index (χ4v) is 15.5. The molecule has 0 atom stereocenters. The van der Waals surface area contributed by atoms with Gasteiger partial charge in [0.15, 0.2) is 0 Å². The van der Waals surface area contributed by atoms with Gasteiger partial charge in [-0.2, -0.15) is 5.26 Å². The molecule has 0 fully saturated rings. The molecule has 94 heavy (non-hydrogen) atoms. The van der Waals surface area contributed by atoms with Crippen LogP contribution in [-0.4, -0.2) is 11.1 Å². The average molecular weight is 1250 g/mol. The molecular weight excluding hydrogens is 1140 g/mol. The number of aliphatic carboxylic acids is 1. The van der Waals surface area contributed by atoms with Crippen LogP contribution in [0.2, 0.25) is 0 Å². The Balaban J connectivity index is 1.29. The number of nitriles is 1. The molecule has 0 radical (unpaired) electrons. The van der Waals surface area contributed by atoms with E-state index in [1.807, 2.05) is 6.07 Å². The van der Waals surface area contributed by atoms with Crippen LogP contribution >= 0.6 is 0 Å². The summed E-state index contributed by atoms with van der Waals surface area (Å²) in [5.74, 6) is -1.23. The first kappa shape index (κ1) is 68.8. The zero-order valence-electron chi connectivity index (χ0n) is 57.9. The van der Waals surface area contributed by atoms with E-state index in [0.717, 1.165) is 79.6 Å². The highest BCUT2D eigenvalue weighted by Crippen LogP contribution is 2.70. The van der Waals surface area contributed by atoms with Crippen molar-refractivity contribution in [3.05, 3.63) is 271 Å². The first-order valence-electron chi connectivity index (χ1n) is 36.8. The minimum Gasteiger partial charge on any atom is -0.477 e. The number of rotatable bonds is 37. The highest BCUT2D eigenvalue weighted by molar-refractivity contribution is 6.16. The zero-order chi connectivity index (χ0) is 65.7. The second-order valence-corrected chi connectivity index (χ2v) is 27.6. The summed E-state index contributed by atoms with van der Waals surface area (Å²) in [5.41, 5.74) is 21.6. The Kier molecular flexibility index (Phi) is 24.8. The molecule has 0 heterocycles. The van der Waals surface area contributed by atoms with Crippen LogP contribution in [0.1, 0.15) is 265 Å². The van der Waals surface area contributed by atoms with Crippen molar-refractivity contribution in [1.82, 2.24) is 0 Å². The van der Waals surface area contributed by atoms with Crippen molar-refractivity contribution in [3.8, 4) is 6.07 Å². The van der Waals surface area contributed by atoms with Crippen molar-refractivity contribution in [2.75, 3.05) is 4.90 Å². The van der Waals surface area contributed by atoms with Crippen LogP contribution in [0.25, 0.3) is 17.2 Å². The molecule has 0 amide bonds. The standard InChI is InChI=1S/C90H106N2O2/c1-7-11-15-19-23-27-31-69-39-48-75(49-40-69)89(76-50-41-70(42-51-76)32-28-24-20-16-12-8-2)84-61-47-73(63-74(66-91)88(93)94)64-82(84)86-87(89)83-65-81(92(79-56-35-67(5)36-57-79)80-58-37-68(6)38-59-80)60-62-85(83)90(86,77-52-43-71(44-53-77)33-29-25-21-17-13-9-3)78-54-45-72(46-55-78)34-30-26-22-18-14-10-4/h35-65H,7-34H2,1-6H3,(H,93,94)/b74-63+. The molecule has 4 heteroatoms. The fourth-order valence-electron chi connectivity index (χ4n) is 15.5. The number of aryl methyl sites for hydroxylation is 6. The number of unbranched alkanes of at least 4 members (excludes halogenated alkanes) is 20. The predicted octanol–water partition coefficient (Wildman–Crippen LogP) is 25.0. The Bertz CT molecular complexity index is 3650. The van der Waals surface area contributed by atoms with E-state index >= 15 is 0 Å². The molecule has 10 rings (SSSR count). The summed E-state index contributed by atoms with van der Waals surface area (Å²) < 4.78 is 0. The van der Waals surface area contributed by atoms with Gasteiger partial charge in [0.1, 0.15) is 11.6 Å². The van der Waals surface area contributed by atoms with Crippen molar-refractivity contribution in [2.24, 2.45) is 0 Å². The maximum Gasteiger partial charge on any atom is 0.346 e. The molecule has 488 valence electrons. The molecule has 0 saturated heterocycles. The van der Waals surface area contributed by atoms with Gasteiger partial charge < -0.3 is 10.0 Å². The van der Waals surface area contributed by atoms with E-state index in [1.165, 1.54) is 206 Å². The lowest BCUT2D eigenvalue weighted by Gasteiger charge is -2.38. The number of benzene rings is 8. The monoisotopic (exact) mass is 1250 g/mol. The van der Waals surface area contributed by atoms with Crippen molar-refractivity contribution in [1.29, 1.82) is 5.26 Å². The van der Waals surface area contributed by atoms with Crippen molar-refractivity contribution < 1.29 is 9.90 Å². The second-order valence-electron chi connectivity index (χ2n) is 27.6. The number of anilines is 3. The molecule has 0 saturated carbocycles. The van der Waals surface area contributed by atoms with E-state index in [2.05, 4.69) is 228 Å². The second kappa shape index (κ2) is 33.9. The molecule has 0 aromatic heterocycles. The van der Waals surface area contributed by atoms with Crippen molar-refractivity contribution in [3.63, 3.8) is 0 Å². The average Bonchev–Trinajstić information content (AvgIpc) is 1.48. The van der Waals surface area contributed by atoms with E-state index in [9.17, 15) is 15.2 Å². The number of nitrogens with zero attached hydrogens (tertiary/aromatic N) is 2. The summed E-state index contributed by atoms with van der Waals surface area (Å²) >= 11 is 0. The number of fused-ring (bicyclic) bond motifs is 4. The quantitative estimate of drug-likeness (QED) is 0.0239. The topological polar surface area (TPSA) is 64.3 Å². The largest absolute Gasteiger partial charge is 0.477 e. The highest BCUT2D eigenvalue weighted by Gasteiger charge is 2.59. The third-order valence-corrected chi connectivity index (χ3v) is 20.7. The summed E-state index contributed by atoms with van der Waals surface area (Å²) in [4.78, 5) is 15.3. The fraction of sp³-hybridized carbons (Fsp3) is 0.400. The minimum atomic E-state index is -1.23. The smallest absolute Gasteiger partial charge is 0.346 e. The molecule has 8 aromatic carbocycles. The number of carboxylic acids is 1. The summed E-state index contributed by atoms with van der Waals surface area (Å²) in [5, 5.41) is 20.9. The van der Waals surface area contributed by atoms with Gasteiger partial charge in [-0.3, -0.25) is 0 Å².